The van der Waals surface area contributed by atoms with Gasteiger partial charge in [0.1, 0.15) is 0 Å². The molecule has 1 spiro atoms. The maximum absolute atomic E-state index is 3.49. The van der Waals surface area contributed by atoms with E-state index in [9.17, 15) is 0 Å². The summed E-state index contributed by atoms with van der Waals surface area (Å²) < 4.78 is 0. The number of hydrogen-bond donors (Lipinski definition) is 1. The maximum Gasteiger partial charge on any atom is 0.0135 e. The van der Waals surface area contributed by atoms with Gasteiger partial charge in [0.05, 0.1) is 0 Å². The Hall–Kier alpha value is -0.300. The van der Waals surface area contributed by atoms with E-state index in [0.717, 1.165) is 6.54 Å². The Morgan fingerprint density at radius 2 is 1.91 bits per heavy atom. The Kier molecular flexibility index (Phi) is 1.99. The number of hydrogen-bond acceptors (Lipinski definition) is 1. The van der Waals surface area contributed by atoms with Crippen LogP contribution in [0.4, 0.5) is 0 Å². The summed E-state index contributed by atoms with van der Waals surface area (Å²) in [6.07, 6.45) is 11.8. The molecule has 1 fully saturated rings. The molecule has 2 aliphatic rings. The first-order chi connectivity index (χ1) is 5.41. The van der Waals surface area contributed by atoms with Crippen molar-refractivity contribution in [1.82, 2.24) is 5.32 Å². The first-order valence-corrected chi connectivity index (χ1v) is 4.77. The van der Waals surface area contributed by atoms with Gasteiger partial charge in [0.2, 0.25) is 0 Å². The highest BCUT2D eigenvalue weighted by atomic mass is 14.9. The summed E-state index contributed by atoms with van der Waals surface area (Å²) in [5.41, 5.74) is 0.660. The van der Waals surface area contributed by atoms with Crippen molar-refractivity contribution in [2.75, 3.05) is 13.1 Å². The third kappa shape index (κ3) is 1.48. The molecule has 1 heteroatoms. The fourth-order valence-corrected chi connectivity index (χ4v) is 2.42. The van der Waals surface area contributed by atoms with E-state index in [1.54, 1.807) is 0 Å². The minimum atomic E-state index is 0.660. The van der Waals surface area contributed by atoms with E-state index in [-0.39, 0.29) is 0 Å². The highest BCUT2D eigenvalue weighted by molar-refractivity contribution is 4.99. The Labute approximate surface area is 68.9 Å². The van der Waals surface area contributed by atoms with E-state index < -0.39 is 0 Å². The molecule has 0 unspecified atom stereocenters. The SMILES string of the molecule is C1=CCC2(CCCC2)CNC1. The normalized spacial score (nSPS) is 29.1. The molecule has 11 heavy (non-hydrogen) atoms. The van der Waals surface area contributed by atoms with Crippen molar-refractivity contribution in [2.45, 2.75) is 32.1 Å². The van der Waals surface area contributed by atoms with Crippen LogP contribution in [0.3, 0.4) is 0 Å². The quantitative estimate of drug-likeness (QED) is 0.523. The van der Waals surface area contributed by atoms with Crippen molar-refractivity contribution in [2.24, 2.45) is 5.41 Å². The fourth-order valence-electron chi connectivity index (χ4n) is 2.42. The predicted molar refractivity (Wildman–Crippen MR) is 47.5 cm³/mol. The Balaban J connectivity index is 2.04. The van der Waals surface area contributed by atoms with E-state index in [1.807, 2.05) is 0 Å². The second-order valence-corrected chi connectivity index (χ2v) is 4.01. The van der Waals surface area contributed by atoms with Gasteiger partial charge < -0.3 is 5.32 Å². The lowest BCUT2D eigenvalue weighted by atomic mass is 9.83. The zero-order valence-corrected chi connectivity index (χ0v) is 7.10. The Bertz CT molecular complexity index is 154. The van der Waals surface area contributed by atoms with Gasteiger partial charge in [0, 0.05) is 13.1 Å². The van der Waals surface area contributed by atoms with Crippen LogP contribution < -0.4 is 5.32 Å². The fraction of sp³-hybridized carbons (Fsp3) is 0.800. The summed E-state index contributed by atoms with van der Waals surface area (Å²) in [6, 6.07) is 0. The molecule has 0 radical (unpaired) electrons. The average Bonchev–Trinajstić information content (AvgIpc) is 2.32. The molecule has 1 N–H and O–H groups in total. The number of allylic oxidation sites excluding steroid dienone is 1. The molecule has 0 bridgehead atoms. The first-order valence-electron chi connectivity index (χ1n) is 4.77. The third-order valence-corrected chi connectivity index (χ3v) is 3.14. The monoisotopic (exact) mass is 151 g/mol. The van der Waals surface area contributed by atoms with Crippen LogP contribution >= 0.6 is 0 Å². The molecule has 2 rings (SSSR count). The van der Waals surface area contributed by atoms with E-state index in [4.69, 9.17) is 0 Å². The minimum absolute atomic E-state index is 0.660. The average molecular weight is 151 g/mol. The zero-order valence-electron chi connectivity index (χ0n) is 7.10. The lowest BCUT2D eigenvalue weighted by Crippen LogP contribution is -2.30. The van der Waals surface area contributed by atoms with Gasteiger partial charge in [0.15, 0.2) is 0 Å². The van der Waals surface area contributed by atoms with Crippen molar-refractivity contribution in [3.05, 3.63) is 12.2 Å². The zero-order chi connectivity index (χ0) is 7.57. The van der Waals surface area contributed by atoms with E-state index >= 15 is 0 Å². The summed E-state index contributed by atoms with van der Waals surface area (Å²) in [5, 5.41) is 3.49. The van der Waals surface area contributed by atoms with Crippen LogP contribution in [0, 0.1) is 5.41 Å². The van der Waals surface area contributed by atoms with Gasteiger partial charge >= 0.3 is 0 Å². The predicted octanol–water partition coefficient (Wildman–Crippen LogP) is 2.10. The van der Waals surface area contributed by atoms with Gasteiger partial charge in [-0.3, -0.25) is 0 Å². The van der Waals surface area contributed by atoms with Crippen LogP contribution in [-0.4, -0.2) is 13.1 Å². The highest BCUT2D eigenvalue weighted by Crippen LogP contribution is 2.41. The second kappa shape index (κ2) is 2.98. The second-order valence-electron chi connectivity index (χ2n) is 4.01. The van der Waals surface area contributed by atoms with Gasteiger partial charge in [-0.05, 0) is 24.7 Å². The first kappa shape index (κ1) is 7.35. The molecule has 1 aliphatic heterocycles. The minimum Gasteiger partial charge on any atom is -0.313 e. The molecular weight excluding hydrogens is 134 g/mol. The molecule has 0 aromatic heterocycles. The molecule has 62 valence electrons. The van der Waals surface area contributed by atoms with Crippen molar-refractivity contribution >= 4 is 0 Å². The Morgan fingerprint density at radius 3 is 2.73 bits per heavy atom. The largest absolute Gasteiger partial charge is 0.313 e. The van der Waals surface area contributed by atoms with Crippen LogP contribution in [0.2, 0.25) is 0 Å². The molecule has 0 amide bonds. The lowest BCUT2D eigenvalue weighted by molar-refractivity contribution is 0.293. The van der Waals surface area contributed by atoms with E-state index in [0.29, 0.717) is 5.41 Å². The topological polar surface area (TPSA) is 12.0 Å². The van der Waals surface area contributed by atoms with Crippen LogP contribution in [-0.2, 0) is 0 Å². The van der Waals surface area contributed by atoms with Gasteiger partial charge in [-0.15, -0.1) is 0 Å². The lowest BCUT2D eigenvalue weighted by Gasteiger charge is -2.26. The molecule has 0 aromatic carbocycles. The number of rotatable bonds is 0. The Morgan fingerprint density at radius 1 is 1.09 bits per heavy atom. The summed E-state index contributed by atoms with van der Waals surface area (Å²) in [7, 11) is 0. The van der Waals surface area contributed by atoms with Crippen molar-refractivity contribution < 1.29 is 0 Å². The molecule has 1 heterocycles. The summed E-state index contributed by atoms with van der Waals surface area (Å²) in [5.74, 6) is 0. The maximum atomic E-state index is 3.49. The van der Waals surface area contributed by atoms with Crippen LogP contribution in [0.1, 0.15) is 32.1 Å². The summed E-state index contributed by atoms with van der Waals surface area (Å²) in [4.78, 5) is 0. The van der Waals surface area contributed by atoms with Crippen molar-refractivity contribution in [3.8, 4) is 0 Å². The molecule has 1 nitrogen and oxygen atoms in total. The smallest absolute Gasteiger partial charge is 0.0135 e. The van der Waals surface area contributed by atoms with Crippen LogP contribution in [0.15, 0.2) is 12.2 Å². The highest BCUT2D eigenvalue weighted by Gasteiger charge is 2.32. The summed E-state index contributed by atoms with van der Waals surface area (Å²) in [6.45, 7) is 2.34. The summed E-state index contributed by atoms with van der Waals surface area (Å²) >= 11 is 0. The molecule has 0 aromatic rings. The molecule has 1 aliphatic carbocycles. The van der Waals surface area contributed by atoms with Crippen LogP contribution in [0.25, 0.3) is 0 Å². The third-order valence-electron chi connectivity index (χ3n) is 3.14. The van der Waals surface area contributed by atoms with E-state index in [1.165, 1.54) is 38.6 Å². The van der Waals surface area contributed by atoms with Crippen molar-refractivity contribution in [3.63, 3.8) is 0 Å². The molecule has 1 saturated carbocycles. The molecule has 0 saturated heterocycles. The standard InChI is InChI=1S/C10H17N/c1-2-6-10(5-1)7-3-4-8-11-9-10/h3-4,11H,1-2,5-9H2. The number of nitrogens with one attached hydrogen (secondary N) is 1. The van der Waals surface area contributed by atoms with Crippen LogP contribution in [0.5, 0.6) is 0 Å². The van der Waals surface area contributed by atoms with Gasteiger partial charge in [-0.1, -0.05) is 25.0 Å². The van der Waals surface area contributed by atoms with Gasteiger partial charge in [-0.25, -0.2) is 0 Å². The van der Waals surface area contributed by atoms with Gasteiger partial charge in [0.25, 0.3) is 0 Å². The van der Waals surface area contributed by atoms with E-state index in [2.05, 4.69) is 17.5 Å². The van der Waals surface area contributed by atoms with Gasteiger partial charge in [-0.2, -0.15) is 0 Å². The van der Waals surface area contributed by atoms with Crippen molar-refractivity contribution in [1.29, 1.82) is 0 Å². The molecular formula is C10H17N. The molecule has 0 atom stereocenters.